The van der Waals surface area contributed by atoms with Crippen LogP contribution in [0.5, 0.6) is 0 Å². The number of pyridine rings is 2. The topological polar surface area (TPSA) is 25.8 Å². The molecule has 0 N–H and O–H groups in total. The number of hydrogen-bond donors (Lipinski definition) is 0. The SMILES string of the molecule is [2H]c1c(-c2c([2H])c([2H])c([2H])c([2H])c2[2H])sc(-c2ccc(-c3ccc4ccc5cccnc5c4n3)c3ccccc23)c1[2H]. The Morgan fingerprint density at radius 2 is 1.31 bits per heavy atom. The summed E-state index contributed by atoms with van der Waals surface area (Å²) in [4.78, 5) is 10.3. The van der Waals surface area contributed by atoms with E-state index in [0.29, 0.717) is 4.88 Å². The minimum Gasteiger partial charge on any atom is -0.254 e. The zero-order valence-corrected chi connectivity index (χ0v) is 19.1. The number of hydrogen-bond acceptors (Lipinski definition) is 3. The Hall–Kier alpha value is -4.34. The maximum Gasteiger partial charge on any atom is 0.0972 e. The summed E-state index contributed by atoms with van der Waals surface area (Å²) in [6, 6.07) is 21.3. The zero-order valence-electron chi connectivity index (χ0n) is 25.3. The average Bonchev–Trinajstić information content (AvgIpc) is 3.31. The monoisotopic (exact) mass is 471 g/mol. The van der Waals surface area contributed by atoms with Crippen LogP contribution >= 0.6 is 11.3 Å². The van der Waals surface area contributed by atoms with Gasteiger partial charge in [-0.2, -0.15) is 0 Å². The number of fused-ring (bicyclic) bond motifs is 4. The van der Waals surface area contributed by atoms with Crippen LogP contribution in [0.2, 0.25) is 0 Å². The molecular formula is C32H20N2S. The molecule has 3 aromatic heterocycles. The highest BCUT2D eigenvalue weighted by Crippen LogP contribution is 2.40. The lowest BCUT2D eigenvalue weighted by Gasteiger charge is -2.11. The van der Waals surface area contributed by atoms with Gasteiger partial charge in [-0.25, -0.2) is 4.98 Å². The van der Waals surface area contributed by atoms with Crippen molar-refractivity contribution in [3.05, 3.63) is 121 Å². The van der Waals surface area contributed by atoms with Gasteiger partial charge in [0.15, 0.2) is 0 Å². The second-order valence-electron chi connectivity index (χ2n) is 8.13. The van der Waals surface area contributed by atoms with Crippen LogP contribution in [0.25, 0.3) is 64.7 Å². The van der Waals surface area contributed by atoms with Gasteiger partial charge in [-0.05, 0) is 46.1 Å². The molecule has 3 heteroatoms. The molecule has 0 aliphatic rings. The van der Waals surface area contributed by atoms with Crippen molar-refractivity contribution in [2.75, 3.05) is 0 Å². The predicted octanol–water partition coefficient (Wildman–Crippen LogP) is 9.00. The predicted molar refractivity (Wildman–Crippen MR) is 149 cm³/mol. The molecule has 0 radical (unpaired) electrons. The normalized spacial score (nSPS) is 14.2. The number of nitrogens with zero attached hydrogens (tertiary/aromatic N) is 2. The van der Waals surface area contributed by atoms with Gasteiger partial charge in [0, 0.05) is 32.3 Å². The molecule has 35 heavy (non-hydrogen) atoms. The van der Waals surface area contributed by atoms with Crippen LogP contribution in [0, 0.1) is 0 Å². The highest BCUT2D eigenvalue weighted by Gasteiger charge is 2.13. The molecule has 0 fully saturated rings. The molecule has 0 spiro atoms. The van der Waals surface area contributed by atoms with Crippen molar-refractivity contribution in [2.24, 2.45) is 0 Å². The molecule has 0 unspecified atom stereocenters. The van der Waals surface area contributed by atoms with Gasteiger partial charge in [-0.15, -0.1) is 11.3 Å². The Balaban J connectivity index is 1.43. The minimum atomic E-state index is -0.490. The van der Waals surface area contributed by atoms with Crippen LogP contribution in [0.4, 0.5) is 0 Å². The first-order chi connectivity index (χ1) is 20.3. The summed E-state index contributed by atoms with van der Waals surface area (Å²) < 4.78 is 58.3. The average molecular weight is 472 g/mol. The summed E-state index contributed by atoms with van der Waals surface area (Å²) in [6.45, 7) is 0. The smallest absolute Gasteiger partial charge is 0.0972 e. The third-order valence-electron chi connectivity index (χ3n) is 6.10. The lowest BCUT2D eigenvalue weighted by atomic mass is 9.96. The Bertz CT molecular complexity index is 2210. The van der Waals surface area contributed by atoms with Crippen LogP contribution in [-0.4, -0.2) is 9.97 Å². The number of rotatable bonds is 3. The molecular weight excluding hydrogens is 444 g/mol. The van der Waals surface area contributed by atoms with E-state index in [1.165, 1.54) is 0 Å². The Morgan fingerprint density at radius 3 is 2.17 bits per heavy atom. The highest BCUT2D eigenvalue weighted by molar-refractivity contribution is 7.18. The van der Waals surface area contributed by atoms with Crippen molar-refractivity contribution in [1.82, 2.24) is 9.97 Å². The Morgan fingerprint density at radius 1 is 0.600 bits per heavy atom. The fourth-order valence-corrected chi connectivity index (χ4v) is 5.36. The number of benzene rings is 4. The van der Waals surface area contributed by atoms with Crippen molar-refractivity contribution >= 4 is 43.9 Å². The second kappa shape index (κ2) is 8.15. The van der Waals surface area contributed by atoms with Gasteiger partial charge < -0.3 is 0 Å². The molecule has 0 amide bonds. The van der Waals surface area contributed by atoms with Crippen LogP contribution in [0.3, 0.4) is 0 Å². The molecule has 2 nitrogen and oxygen atoms in total. The van der Waals surface area contributed by atoms with E-state index in [1.807, 2.05) is 72.8 Å². The molecule has 0 aliphatic heterocycles. The van der Waals surface area contributed by atoms with Gasteiger partial charge in [0.05, 0.1) is 26.3 Å². The molecule has 0 bridgehead atoms. The molecule has 7 rings (SSSR count). The fraction of sp³-hybridized carbons (Fsp3) is 0. The fourth-order valence-electron chi connectivity index (χ4n) is 4.46. The zero-order chi connectivity index (χ0) is 29.3. The summed E-state index contributed by atoms with van der Waals surface area (Å²) in [5.41, 5.74) is 4.00. The summed E-state index contributed by atoms with van der Waals surface area (Å²) in [6.07, 6.45) is 1.76. The highest BCUT2D eigenvalue weighted by atomic mass is 32.1. The Labute approximate surface area is 217 Å². The molecule has 164 valence electrons. The van der Waals surface area contributed by atoms with Gasteiger partial charge >= 0.3 is 0 Å². The van der Waals surface area contributed by atoms with E-state index in [2.05, 4.69) is 4.98 Å². The van der Waals surface area contributed by atoms with E-state index in [1.54, 1.807) is 6.20 Å². The van der Waals surface area contributed by atoms with Gasteiger partial charge in [0.2, 0.25) is 0 Å². The van der Waals surface area contributed by atoms with Crippen molar-refractivity contribution in [2.45, 2.75) is 0 Å². The molecule has 7 aromatic rings. The quantitative estimate of drug-likeness (QED) is 0.240. The summed E-state index contributed by atoms with van der Waals surface area (Å²) >= 11 is 1.10. The van der Waals surface area contributed by atoms with Crippen LogP contribution in [0.1, 0.15) is 9.60 Å². The lowest BCUT2D eigenvalue weighted by molar-refractivity contribution is 1.37. The van der Waals surface area contributed by atoms with E-state index in [0.717, 1.165) is 60.7 Å². The van der Waals surface area contributed by atoms with Gasteiger partial charge in [0.1, 0.15) is 0 Å². The molecule has 0 saturated heterocycles. The first kappa shape index (κ1) is 14.1. The maximum atomic E-state index is 8.80. The number of thiophene rings is 1. The van der Waals surface area contributed by atoms with Gasteiger partial charge in [-0.1, -0.05) is 90.9 Å². The second-order valence-corrected chi connectivity index (χ2v) is 9.15. The van der Waals surface area contributed by atoms with E-state index in [-0.39, 0.29) is 34.6 Å². The van der Waals surface area contributed by atoms with Crippen LogP contribution in [-0.2, 0) is 0 Å². The summed E-state index contributed by atoms with van der Waals surface area (Å²) in [5, 5.41) is 3.78. The largest absolute Gasteiger partial charge is 0.254 e. The van der Waals surface area contributed by atoms with Crippen molar-refractivity contribution in [1.29, 1.82) is 0 Å². The third kappa shape index (κ3) is 3.40. The first-order valence-electron chi connectivity index (χ1n) is 14.6. The molecule has 0 atom stereocenters. The van der Waals surface area contributed by atoms with E-state index >= 15 is 0 Å². The molecule has 0 saturated carbocycles. The summed E-state index contributed by atoms with van der Waals surface area (Å²) in [7, 11) is 0. The van der Waals surface area contributed by atoms with Crippen LogP contribution in [0.15, 0.2) is 121 Å². The van der Waals surface area contributed by atoms with Gasteiger partial charge in [0.25, 0.3) is 0 Å². The minimum absolute atomic E-state index is 0.0545. The van der Waals surface area contributed by atoms with Gasteiger partial charge in [-0.3, -0.25) is 4.98 Å². The lowest BCUT2D eigenvalue weighted by Crippen LogP contribution is -1.90. The first-order valence-corrected chi connectivity index (χ1v) is 11.9. The van der Waals surface area contributed by atoms with Crippen molar-refractivity contribution in [3.63, 3.8) is 0 Å². The maximum absolute atomic E-state index is 8.80. The van der Waals surface area contributed by atoms with Crippen LogP contribution < -0.4 is 0 Å². The molecule has 4 aromatic carbocycles. The van der Waals surface area contributed by atoms with E-state index in [9.17, 15) is 0 Å². The molecule has 3 heterocycles. The third-order valence-corrected chi connectivity index (χ3v) is 7.13. The van der Waals surface area contributed by atoms with E-state index < -0.39 is 18.1 Å². The standard InChI is InChI=1S/C32H20N2S/c1-2-7-21(8-3-1)29-18-19-30(35-29)27-16-15-26(24-10-4-5-11-25(24)27)28-17-14-23-13-12-22-9-6-20-33-31(22)32(23)34-28/h1-20H/i1D,2D,3D,7D,8D,18D,19D. The Kier molecular flexibility index (Phi) is 3.30. The van der Waals surface area contributed by atoms with Crippen molar-refractivity contribution < 1.29 is 9.60 Å². The van der Waals surface area contributed by atoms with E-state index in [4.69, 9.17) is 14.6 Å². The number of aromatic nitrogens is 2. The summed E-state index contributed by atoms with van der Waals surface area (Å²) in [5.74, 6) is 0. The van der Waals surface area contributed by atoms with Crippen molar-refractivity contribution in [3.8, 4) is 32.1 Å². The molecule has 0 aliphatic carbocycles.